The molecule has 4 heteroatoms. The summed E-state index contributed by atoms with van der Waals surface area (Å²) in [4.78, 5) is 2.38. The predicted molar refractivity (Wildman–Crippen MR) is 231 cm³/mol. The second-order valence-corrected chi connectivity index (χ2v) is 15.2. The van der Waals surface area contributed by atoms with Crippen molar-refractivity contribution < 1.29 is 4.42 Å². The maximum Gasteiger partial charge on any atom is 0.137 e. The molecule has 0 bridgehead atoms. The fourth-order valence-electron chi connectivity index (χ4n) is 8.67. The highest BCUT2D eigenvalue weighted by Crippen LogP contribution is 2.43. The van der Waals surface area contributed by atoms with Gasteiger partial charge in [0.05, 0.1) is 11.0 Å². The van der Waals surface area contributed by atoms with Gasteiger partial charge in [-0.05, 0) is 100 Å². The fourth-order valence-corrected chi connectivity index (χ4v) is 9.81. The Hall–Kier alpha value is -6.88. The molecule has 0 unspecified atom stereocenters. The van der Waals surface area contributed by atoms with Gasteiger partial charge in [-0.2, -0.15) is 0 Å². The summed E-state index contributed by atoms with van der Waals surface area (Å²) in [6.07, 6.45) is 0. The minimum absolute atomic E-state index is 0.871. The molecule has 0 atom stereocenters. The van der Waals surface area contributed by atoms with Crippen molar-refractivity contribution in [3.8, 4) is 5.69 Å². The van der Waals surface area contributed by atoms with Gasteiger partial charge in [-0.15, -0.1) is 11.3 Å². The van der Waals surface area contributed by atoms with E-state index in [2.05, 4.69) is 179 Å². The zero-order chi connectivity index (χ0) is 35.3. The molecule has 0 spiro atoms. The highest BCUT2D eigenvalue weighted by molar-refractivity contribution is 7.25. The lowest BCUT2D eigenvalue weighted by Gasteiger charge is -2.26. The molecule has 3 nitrogen and oxygen atoms in total. The molecule has 3 heterocycles. The van der Waals surface area contributed by atoms with Crippen molar-refractivity contribution >= 4 is 114 Å². The number of furan rings is 1. The van der Waals surface area contributed by atoms with Gasteiger partial charge in [0, 0.05) is 70.5 Å². The number of anilines is 3. The van der Waals surface area contributed by atoms with E-state index in [1.165, 1.54) is 63.5 Å². The molecule has 0 saturated carbocycles. The van der Waals surface area contributed by atoms with Crippen LogP contribution in [0.2, 0.25) is 0 Å². The molecule has 0 aliphatic carbocycles. The topological polar surface area (TPSA) is 21.3 Å². The first-order valence-corrected chi connectivity index (χ1v) is 19.1. The van der Waals surface area contributed by atoms with E-state index >= 15 is 0 Å². The van der Waals surface area contributed by atoms with E-state index in [1.54, 1.807) is 0 Å². The van der Waals surface area contributed by atoms with Crippen LogP contribution in [0.25, 0.3) is 91.1 Å². The molecule has 3 aromatic heterocycles. The van der Waals surface area contributed by atoms with E-state index in [9.17, 15) is 0 Å². The van der Waals surface area contributed by atoms with Crippen LogP contribution in [0, 0.1) is 0 Å². The van der Waals surface area contributed by atoms with Crippen LogP contribution >= 0.6 is 11.3 Å². The summed E-state index contributed by atoms with van der Waals surface area (Å²) in [7, 11) is 0. The first-order valence-electron chi connectivity index (χ1n) is 18.3. The lowest BCUT2D eigenvalue weighted by molar-refractivity contribution is 0.669. The summed E-state index contributed by atoms with van der Waals surface area (Å²) in [5.41, 5.74) is 8.44. The Labute approximate surface area is 314 Å². The first-order chi connectivity index (χ1) is 26.7. The molecule has 0 aliphatic heterocycles. The molecular formula is C50H30N2OS. The molecule has 12 rings (SSSR count). The quantitative estimate of drug-likeness (QED) is 0.170. The highest BCUT2D eigenvalue weighted by Gasteiger charge is 2.19. The Bertz CT molecular complexity index is 3420. The Morgan fingerprint density at radius 3 is 1.85 bits per heavy atom. The van der Waals surface area contributed by atoms with Crippen molar-refractivity contribution in [2.75, 3.05) is 4.90 Å². The van der Waals surface area contributed by atoms with Crippen molar-refractivity contribution in [2.24, 2.45) is 0 Å². The van der Waals surface area contributed by atoms with Gasteiger partial charge in [0.25, 0.3) is 0 Å². The number of hydrogen-bond acceptors (Lipinski definition) is 3. The minimum atomic E-state index is 0.871. The smallest absolute Gasteiger partial charge is 0.137 e. The van der Waals surface area contributed by atoms with Crippen molar-refractivity contribution in [1.29, 1.82) is 0 Å². The largest absolute Gasteiger partial charge is 0.456 e. The number of fused-ring (bicyclic) bond motifs is 12. The van der Waals surface area contributed by atoms with Gasteiger partial charge >= 0.3 is 0 Å². The van der Waals surface area contributed by atoms with Gasteiger partial charge in [0.2, 0.25) is 0 Å². The van der Waals surface area contributed by atoms with E-state index in [1.807, 2.05) is 23.5 Å². The summed E-state index contributed by atoms with van der Waals surface area (Å²) >= 11 is 1.87. The van der Waals surface area contributed by atoms with Crippen LogP contribution in [0.15, 0.2) is 186 Å². The van der Waals surface area contributed by atoms with Crippen molar-refractivity contribution in [1.82, 2.24) is 4.57 Å². The van der Waals surface area contributed by atoms with Crippen LogP contribution in [0.1, 0.15) is 0 Å². The van der Waals surface area contributed by atoms with Crippen molar-refractivity contribution in [3.63, 3.8) is 0 Å². The third-order valence-electron chi connectivity index (χ3n) is 11.1. The molecule has 12 aromatic rings. The lowest BCUT2D eigenvalue weighted by Crippen LogP contribution is -2.10. The van der Waals surface area contributed by atoms with Crippen LogP contribution in [-0.2, 0) is 0 Å². The molecule has 54 heavy (non-hydrogen) atoms. The number of hydrogen-bond donors (Lipinski definition) is 0. The number of aromatic nitrogens is 1. The Morgan fingerprint density at radius 1 is 0.370 bits per heavy atom. The molecule has 252 valence electrons. The molecule has 0 aliphatic rings. The Kier molecular flexibility index (Phi) is 6.21. The predicted octanol–water partition coefficient (Wildman–Crippen LogP) is 14.8. The summed E-state index contributed by atoms with van der Waals surface area (Å²) in [5.74, 6) is 0. The molecule has 0 amide bonds. The molecule has 0 fully saturated rings. The number of nitrogens with zero attached hydrogens (tertiary/aromatic N) is 2. The average molecular weight is 707 g/mol. The molecule has 0 radical (unpaired) electrons. The monoisotopic (exact) mass is 706 g/mol. The van der Waals surface area contributed by atoms with Gasteiger partial charge in [-0.1, -0.05) is 97.1 Å². The number of benzene rings is 9. The van der Waals surface area contributed by atoms with E-state index < -0.39 is 0 Å². The third-order valence-corrected chi connectivity index (χ3v) is 12.3. The molecule has 9 aromatic carbocycles. The maximum absolute atomic E-state index is 6.46. The van der Waals surface area contributed by atoms with Gasteiger partial charge in [0.1, 0.15) is 11.2 Å². The van der Waals surface area contributed by atoms with Crippen molar-refractivity contribution in [2.45, 2.75) is 0 Å². The second kappa shape index (κ2) is 11.3. The van der Waals surface area contributed by atoms with Crippen LogP contribution in [-0.4, -0.2) is 4.57 Å². The van der Waals surface area contributed by atoms with E-state index in [0.29, 0.717) is 0 Å². The van der Waals surface area contributed by atoms with Crippen LogP contribution in [0.4, 0.5) is 17.1 Å². The molecule has 0 saturated heterocycles. The Balaban J connectivity index is 1.11. The third kappa shape index (κ3) is 4.35. The van der Waals surface area contributed by atoms with Gasteiger partial charge < -0.3 is 13.9 Å². The number of thiophene rings is 1. The van der Waals surface area contributed by atoms with Crippen LogP contribution in [0.5, 0.6) is 0 Å². The van der Waals surface area contributed by atoms with Crippen LogP contribution in [0.3, 0.4) is 0 Å². The standard InChI is InChI=1S/C50H30N2OS/c1-5-16-45-37(12-1)38-13-2-6-17-46(38)52(45)34-11-9-10-33(27-34)51(36-24-25-40-39-14-3-7-18-47(39)53-48(40)29-36)35-23-22-31-20-21-32-26-50-44(30-43(32)42(31)28-35)41-15-4-8-19-49(41)54-50/h1-30H. The summed E-state index contributed by atoms with van der Waals surface area (Å²) in [6.45, 7) is 0. The second-order valence-electron chi connectivity index (χ2n) is 14.1. The van der Waals surface area contributed by atoms with E-state index in [-0.39, 0.29) is 0 Å². The Morgan fingerprint density at radius 2 is 1.00 bits per heavy atom. The SMILES string of the molecule is c1cc(N(c2ccc3c(c2)oc2ccccc23)c2ccc3ccc4cc5sc6ccccc6c5cc4c3c2)cc(-n2c3ccccc3c3ccccc32)c1. The lowest BCUT2D eigenvalue weighted by atomic mass is 9.99. The van der Waals surface area contributed by atoms with Gasteiger partial charge in [-0.3, -0.25) is 0 Å². The summed E-state index contributed by atoms with van der Waals surface area (Å²) in [6, 6.07) is 66.2. The number of para-hydroxylation sites is 3. The molecule has 0 N–H and O–H groups in total. The summed E-state index contributed by atoms with van der Waals surface area (Å²) in [5, 5.41) is 12.3. The van der Waals surface area contributed by atoms with E-state index in [4.69, 9.17) is 4.42 Å². The maximum atomic E-state index is 6.46. The van der Waals surface area contributed by atoms with Gasteiger partial charge in [-0.25, -0.2) is 0 Å². The first kappa shape index (κ1) is 29.7. The summed E-state index contributed by atoms with van der Waals surface area (Å²) < 4.78 is 11.5. The van der Waals surface area contributed by atoms with E-state index in [0.717, 1.165) is 44.7 Å². The van der Waals surface area contributed by atoms with Crippen molar-refractivity contribution in [3.05, 3.63) is 182 Å². The zero-order valence-electron chi connectivity index (χ0n) is 29.0. The number of rotatable bonds is 4. The van der Waals surface area contributed by atoms with Crippen LogP contribution < -0.4 is 4.90 Å². The highest BCUT2D eigenvalue weighted by atomic mass is 32.1. The minimum Gasteiger partial charge on any atom is -0.456 e. The zero-order valence-corrected chi connectivity index (χ0v) is 29.8. The normalized spacial score (nSPS) is 12.1. The average Bonchev–Trinajstić information content (AvgIpc) is 3.89. The fraction of sp³-hybridized carbons (Fsp3) is 0. The molecular weight excluding hydrogens is 677 g/mol. The van der Waals surface area contributed by atoms with Gasteiger partial charge in [0.15, 0.2) is 0 Å².